The van der Waals surface area contributed by atoms with E-state index in [-0.39, 0.29) is 49.4 Å². The summed E-state index contributed by atoms with van der Waals surface area (Å²) >= 11 is 0. The predicted octanol–water partition coefficient (Wildman–Crippen LogP) is 0.326. The number of nitrogens with zero attached hydrogens (tertiary/aromatic N) is 3. The molecule has 14 heteroatoms. The van der Waals surface area contributed by atoms with Gasteiger partial charge in [-0.15, -0.1) is 0 Å². The molecule has 0 fully saturated rings. The van der Waals surface area contributed by atoms with Gasteiger partial charge in [0.25, 0.3) is 0 Å². The molecule has 1 unspecified atom stereocenters. The van der Waals surface area contributed by atoms with Crippen LogP contribution in [-0.2, 0) is 20.6 Å². The monoisotopic (exact) mass is 469 g/mol. The second-order valence-electron chi connectivity index (χ2n) is 6.55. The van der Waals surface area contributed by atoms with Crippen molar-refractivity contribution in [1.82, 2.24) is 19.5 Å². The van der Waals surface area contributed by atoms with Crippen LogP contribution in [0.5, 0.6) is 11.8 Å². The predicted molar refractivity (Wildman–Crippen MR) is 114 cm³/mol. The lowest BCUT2D eigenvalue weighted by atomic mass is 10.3. The first-order valence-electron chi connectivity index (χ1n) is 9.52. The third-order valence-corrected chi connectivity index (χ3v) is 5.33. The van der Waals surface area contributed by atoms with Crippen LogP contribution in [0.1, 0.15) is 0 Å². The maximum absolute atomic E-state index is 12.3. The molecule has 0 bridgehead atoms. The van der Waals surface area contributed by atoms with Crippen molar-refractivity contribution in [2.24, 2.45) is 0 Å². The van der Waals surface area contributed by atoms with Crippen molar-refractivity contribution in [2.75, 3.05) is 39.3 Å². The smallest absolute Gasteiger partial charge is 0.357 e. The van der Waals surface area contributed by atoms with Crippen LogP contribution in [0.4, 0.5) is 5.82 Å². The van der Waals surface area contributed by atoms with Gasteiger partial charge in [0.2, 0.25) is 0 Å². The number of nitrogens with two attached hydrogens (primary N) is 1. The van der Waals surface area contributed by atoms with Crippen molar-refractivity contribution in [3.8, 4) is 11.8 Å². The lowest BCUT2D eigenvalue weighted by Gasteiger charge is -2.19. The van der Waals surface area contributed by atoms with E-state index in [1.165, 1.54) is 11.7 Å². The molecule has 13 nitrogen and oxygen atoms in total. The lowest BCUT2D eigenvalue weighted by molar-refractivity contribution is 0.0487. The number of ether oxygens (including phenoxy) is 4. The minimum absolute atomic E-state index is 0.0172. The fraction of sp³-hybridized carbons (Fsp3) is 0.389. The van der Waals surface area contributed by atoms with Crippen molar-refractivity contribution >= 4 is 24.6 Å². The van der Waals surface area contributed by atoms with E-state index in [9.17, 15) is 19.1 Å². The molecule has 1 aromatic carbocycles. The Morgan fingerprint density at radius 3 is 2.59 bits per heavy atom. The lowest BCUT2D eigenvalue weighted by Crippen LogP contribution is -2.26. The van der Waals surface area contributed by atoms with Crippen LogP contribution in [0.3, 0.4) is 0 Å². The van der Waals surface area contributed by atoms with E-state index in [4.69, 9.17) is 24.7 Å². The van der Waals surface area contributed by atoms with Gasteiger partial charge in [0, 0.05) is 7.11 Å². The summed E-state index contributed by atoms with van der Waals surface area (Å²) < 4.78 is 34.0. The minimum Gasteiger partial charge on any atom is -0.490 e. The van der Waals surface area contributed by atoms with Crippen molar-refractivity contribution in [3.63, 3.8) is 0 Å². The van der Waals surface area contributed by atoms with Crippen LogP contribution >= 0.6 is 7.60 Å². The summed E-state index contributed by atoms with van der Waals surface area (Å²) in [6.07, 6.45) is 0. The largest absolute Gasteiger partial charge is 0.490 e. The first-order valence-corrected chi connectivity index (χ1v) is 11.2. The van der Waals surface area contributed by atoms with Crippen LogP contribution in [0.2, 0.25) is 0 Å². The van der Waals surface area contributed by atoms with Crippen molar-refractivity contribution in [2.45, 2.75) is 12.4 Å². The number of anilines is 1. The Balaban J connectivity index is 1.70. The quantitative estimate of drug-likeness (QED) is 0.212. The normalized spacial score (nSPS) is 12.7. The van der Waals surface area contributed by atoms with Gasteiger partial charge in [-0.25, -0.2) is 4.79 Å². The highest BCUT2D eigenvalue weighted by Gasteiger charge is 2.30. The average Bonchev–Trinajstić information content (AvgIpc) is 3.06. The molecule has 2 heterocycles. The highest BCUT2D eigenvalue weighted by atomic mass is 31.2. The molecule has 2 aromatic heterocycles. The zero-order chi connectivity index (χ0) is 23.1. The highest BCUT2D eigenvalue weighted by molar-refractivity contribution is 7.52. The third-order valence-electron chi connectivity index (χ3n) is 4.28. The summed E-state index contributed by atoms with van der Waals surface area (Å²) in [6, 6.07) is 8.51. The van der Waals surface area contributed by atoms with Crippen LogP contribution in [0.25, 0.3) is 11.2 Å². The highest BCUT2D eigenvalue weighted by Crippen LogP contribution is 2.42. The Labute approximate surface area is 182 Å². The Kier molecular flexibility index (Phi) is 7.83. The molecule has 3 rings (SSSR count). The van der Waals surface area contributed by atoms with Gasteiger partial charge < -0.3 is 39.5 Å². The van der Waals surface area contributed by atoms with E-state index in [1.807, 2.05) is 0 Å². The molecule has 0 amide bonds. The molecular weight excluding hydrogens is 445 g/mol. The van der Waals surface area contributed by atoms with Gasteiger partial charge >= 0.3 is 19.3 Å². The maximum atomic E-state index is 12.3. The van der Waals surface area contributed by atoms with E-state index >= 15 is 0 Å². The number of nitrogen functional groups attached to an aromatic ring is 1. The van der Waals surface area contributed by atoms with Crippen LogP contribution in [0.15, 0.2) is 35.1 Å². The topological polar surface area (TPSA) is 184 Å². The number of para-hydroxylation sites is 1. The van der Waals surface area contributed by atoms with Gasteiger partial charge in [-0.05, 0) is 12.1 Å². The van der Waals surface area contributed by atoms with E-state index in [1.54, 1.807) is 30.3 Å². The molecule has 32 heavy (non-hydrogen) atoms. The molecule has 0 aliphatic heterocycles. The molecule has 3 aromatic rings. The summed E-state index contributed by atoms with van der Waals surface area (Å²) in [7, 11) is -3.12. The van der Waals surface area contributed by atoms with Crippen molar-refractivity contribution in [1.29, 1.82) is 0 Å². The Morgan fingerprint density at radius 2 is 1.91 bits per heavy atom. The van der Waals surface area contributed by atoms with Gasteiger partial charge in [0.1, 0.15) is 24.5 Å². The number of hydrogen-bond acceptors (Lipinski definition) is 9. The fourth-order valence-corrected chi connectivity index (χ4v) is 3.29. The number of hydrogen-bond donors (Lipinski definition) is 4. The zero-order valence-corrected chi connectivity index (χ0v) is 18.1. The number of aromatic nitrogens is 4. The maximum Gasteiger partial charge on any atom is 0.357 e. The molecular formula is C18H24N5O8P. The molecule has 0 saturated heterocycles. The second kappa shape index (κ2) is 10.6. The van der Waals surface area contributed by atoms with Gasteiger partial charge in [0.15, 0.2) is 17.3 Å². The summed E-state index contributed by atoms with van der Waals surface area (Å²) in [5.41, 5.74) is 5.73. The Bertz CT molecular complexity index is 1130. The number of benzene rings is 1. The molecule has 0 aliphatic carbocycles. The number of aromatic amines is 1. The molecule has 1 atom stereocenters. The van der Waals surface area contributed by atoms with Crippen molar-refractivity contribution < 1.29 is 33.3 Å². The standard InChI is InChI=1S/C18H24N5O8P/c1-28-9-10-30-17-21-15(19)14-16(22-17)23(18(24)20-14)7-8-29-13(32(25,26)27)11-31-12-5-3-2-4-6-12/h2-6,13H,7-11H2,1H3,(H,20,24)(H2,19,21,22)(H2,25,26,27). The Hall–Kier alpha value is -2.96. The molecule has 0 aliphatic rings. The minimum atomic E-state index is -4.63. The molecule has 0 radical (unpaired) electrons. The number of rotatable bonds is 12. The van der Waals surface area contributed by atoms with Crippen LogP contribution in [-0.4, -0.2) is 68.7 Å². The van der Waals surface area contributed by atoms with Gasteiger partial charge in [-0.2, -0.15) is 9.97 Å². The molecule has 0 spiro atoms. The van der Waals surface area contributed by atoms with Crippen LogP contribution in [0, 0.1) is 0 Å². The van der Waals surface area contributed by atoms with E-state index < -0.39 is 19.1 Å². The third kappa shape index (κ3) is 6.05. The van der Waals surface area contributed by atoms with Gasteiger partial charge in [-0.1, -0.05) is 18.2 Å². The van der Waals surface area contributed by atoms with Gasteiger partial charge in [-0.3, -0.25) is 9.13 Å². The number of fused-ring (bicyclic) bond motifs is 1. The van der Waals surface area contributed by atoms with E-state index in [0.29, 0.717) is 12.4 Å². The summed E-state index contributed by atoms with van der Waals surface area (Å²) in [5, 5.41) is 0. The Morgan fingerprint density at radius 1 is 1.16 bits per heavy atom. The number of nitrogens with one attached hydrogen (secondary N) is 1. The van der Waals surface area contributed by atoms with E-state index in [0.717, 1.165) is 0 Å². The SMILES string of the molecule is COCCOc1nc(N)c2[nH]c(=O)n(CCOC(COc3ccccc3)P(=O)(O)O)c2n1. The first-order chi connectivity index (χ1) is 15.3. The fourth-order valence-electron chi connectivity index (χ4n) is 2.73. The first kappa shape index (κ1) is 23.7. The average molecular weight is 469 g/mol. The summed E-state index contributed by atoms with van der Waals surface area (Å²) in [5.74, 6) is -1.06. The number of H-pyrrole nitrogens is 1. The molecule has 5 N–H and O–H groups in total. The van der Waals surface area contributed by atoms with Crippen LogP contribution < -0.4 is 20.9 Å². The summed E-state index contributed by atoms with van der Waals surface area (Å²) in [6.45, 7) is -0.142. The molecule has 0 saturated carbocycles. The van der Waals surface area contributed by atoms with Gasteiger partial charge in [0.05, 0.1) is 19.8 Å². The number of imidazole rings is 1. The van der Waals surface area contributed by atoms with Crippen molar-refractivity contribution in [3.05, 3.63) is 40.8 Å². The number of methoxy groups -OCH3 is 1. The summed E-state index contributed by atoms with van der Waals surface area (Å²) in [4.78, 5) is 42.2. The zero-order valence-electron chi connectivity index (χ0n) is 17.2. The molecule has 174 valence electrons. The van der Waals surface area contributed by atoms with E-state index in [2.05, 4.69) is 15.0 Å². The second-order valence-corrected chi connectivity index (χ2v) is 8.31.